The summed E-state index contributed by atoms with van der Waals surface area (Å²) in [6.45, 7) is 9.38. The summed E-state index contributed by atoms with van der Waals surface area (Å²) in [5.74, 6) is 0.364. The number of aromatic amines is 2. The standard InChI is InChI=1S/C29H27FN8.C2H6.2CH2O/c1-31-12-17-7-19(10-22(30)9-17)23-5-4-6-25-26(23)35-29(34-25)27-24-11-21(15-33-28(24)37-36-27)20-8-18(13-32-14-20)16-38(2)3;3*1-2/h4-11,13-15,31H,12,16H2,1-3H3,(H,34,35)(H,33,36,37);1-2H3;2*1H2. The van der Waals surface area contributed by atoms with Gasteiger partial charge in [-0.25, -0.2) is 14.4 Å². The minimum atomic E-state index is -0.275. The van der Waals surface area contributed by atoms with E-state index >= 15 is 0 Å². The molecule has 0 bridgehead atoms. The fourth-order valence-corrected chi connectivity index (χ4v) is 4.83. The molecule has 6 aromatic rings. The first kappa shape index (κ1) is 33.4. The van der Waals surface area contributed by atoms with Crippen LogP contribution in [0.1, 0.15) is 25.0 Å². The monoisotopic (exact) mass is 596 g/mol. The lowest BCUT2D eigenvalue weighted by atomic mass is 10.0. The summed E-state index contributed by atoms with van der Waals surface area (Å²) in [6, 6.07) is 15.1. The molecule has 3 N–H and O–H groups in total. The Bertz CT molecular complexity index is 1810. The molecule has 10 nitrogen and oxygen atoms in total. The van der Waals surface area contributed by atoms with Crippen molar-refractivity contribution in [1.82, 2.24) is 40.3 Å². The van der Waals surface area contributed by atoms with Gasteiger partial charge in [0, 0.05) is 48.4 Å². The first-order valence-corrected chi connectivity index (χ1v) is 13.9. The summed E-state index contributed by atoms with van der Waals surface area (Å²) in [7, 11) is 5.91. The number of fused-ring (bicyclic) bond motifs is 2. The molecule has 6 rings (SSSR count). The van der Waals surface area contributed by atoms with E-state index in [9.17, 15) is 4.39 Å². The number of imidazole rings is 1. The van der Waals surface area contributed by atoms with Gasteiger partial charge in [-0.15, -0.1) is 0 Å². The zero-order valence-corrected chi connectivity index (χ0v) is 25.6. The molecule has 0 amide bonds. The zero-order chi connectivity index (χ0) is 32.2. The molecule has 0 fully saturated rings. The molecule has 0 unspecified atom stereocenters. The Hall–Kier alpha value is -5.13. The first-order valence-electron chi connectivity index (χ1n) is 13.9. The molecule has 0 radical (unpaired) electrons. The van der Waals surface area contributed by atoms with Crippen LogP contribution in [0.2, 0.25) is 0 Å². The molecule has 228 valence electrons. The molecule has 0 spiro atoms. The Balaban J connectivity index is 0.000000832. The van der Waals surface area contributed by atoms with Crippen molar-refractivity contribution in [2.24, 2.45) is 0 Å². The number of pyridine rings is 2. The van der Waals surface area contributed by atoms with E-state index in [1.165, 1.54) is 0 Å². The summed E-state index contributed by atoms with van der Waals surface area (Å²) in [6.07, 6.45) is 5.54. The van der Waals surface area contributed by atoms with Gasteiger partial charge in [-0.1, -0.05) is 26.0 Å². The second-order valence-corrected chi connectivity index (χ2v) is 9.68. The summed E-state index contributed by atoms with van der Waals surface area (Å²) in [5, 5.41) is 11.4. The molecule has 2 aromatic carbocycles. The van der Waals surface area contributed by atoms with Crippen molar-refractivity contribution in [1.29, 1.82) is 0 Å². The average Bonchev–Trinajstić information content (AvgIpc) is 3.67. The minimum Gasteiger partial charge on any atom is -0.337 e. The van der Waals surface area contributed by atoms with E-state index in [0.29, 0.717) is 18.0 Å². The van der Waals surface area contributed by atoms with Crippen molar-refractivity contribution < 1.29 is 14.0 Å². The van der Waals surface area contributed by atoms with E-state index in [1.54, 1.807) is 12.1 Å². The second kappa shape index (κ2) is 15.9. The van der Waals surface area contributed by atoms with E-state index in [4.69, 9.17) is 14.6 Å². The topological polar surface area (TPSA) is 133 Å². The van der Waals surface area contributed by atoms with Crippen molar-refractivity contribution in [2.45, 2.75) is 26.9 Å². The molecule has 0 atom stereocenters. The van der Waals surface area contributed by atoms with Gasteiger partial charge in [-0.2, -0.15) is 5.10 Å². The van der Waals surface area contributed by atoms with Crippen molar-refractivity contribution in [3.63, 3.8) is 0 Å². The highest BCUT2D eigenvalue weighted by Crippen LogP contribution is 2.33. The highest BCUT2D eigenvalue weighted by atomic mass is 19.1. The summed E-state index contributed by atoms with van der Waals surface area (Å²) >= 11 is 0. The Morgan fingerprint density at radius 3 is 2.36 bits per heavy atom. The number of aromatic nitrogens is 6. The normalized spacial score (nSPS) is 10.4. The summed E-state index contributed by atoms with van der Waals surface area (Å²) < 4.78 is 14.4. The highest BCUT2D eigenvalue weighted by molar-refractivity contribution is 5.97. The Labute approximate surface area is 255 Å². The lowest BCUT2D eigenvalue weighted by molar-refractivity contribution is -0.0987. The van der Waals surface area contributed by atoms with E-state index < -0.39 is 0 Å². The van der Waals surface area contributed by atoms with Crippen molar-refractivity contribution >= 4 is 35.6 Å². The highest BCUT2D eigenvalue weighted by Gasteiger charge is 2.17. The number of carbonyl (C=O) groups is 2. The third kappa shape index (κ3) is 7.44. The van der Waals surface area contributed by atoms with Gasteiger partial charge < -0.3 is 24.8 Å². The number of nitrogens with one attached hydrogen (secondary N) is 3. The number of halogens is 1. The van der Waals surface area contributed by atoms with Crippen molar-refractivity contribution in [3.05, 3.63) is 84.1 Å². The van der Waals surface area contributed by atoms with E-state index in [1.807, 2.05) is 91.4 Å². The summed E-state index contributed by atoms with van der Waals surface area (Å²) in [4.78, 5) is 35.5. The molecule has 0 saturated heterocycles. The molecule has 44 heavy (non-hydrogen) atoms. The lowest BCUT2D eigenvalue weighted by Gasteiger charge is -2.10. The predicted molar refractivity (Wildman–Crippen MR) is 173 cm³/mol. The number of rotatable bonds is 7. The Morgan fingerprint density at radius 1 is 0.909 bits per heavy atom. The number of hydrogen-bond donors (Lipinski definition) is 3. The third-order valence-corrected chi connectivity index (χ3v) is 6.44. The molecule has 11 heteroatoms. The summed E-state index contributed by atoms with van der Waals surface area (Å²) in [5.41, 5.74) is 8.52. The van der Waals surface area contributed by atoms with Crippen molar-refractivity contribution in [2.75, 3.05) is 21.1 Å². The van der Waals surface area contributed by atoms with Crippen molar-refractivity contribution in [3.8, 4) is 33.8 Å². The number of hydrogen-bond acceptors (Lipinski definition) is 8. The van der Waals surface area contributed by atoms with Gasteiger partial charge in [0.05, 0.1) is 16.4 Å². The number of H-pyrrole nitrogens is 2. The van der Waals surface area contributed by atoms with Crippen LogP contribution in [0.4, 0.5) is 4.39 Å². The Morgan fingerprint density at radius 2 is 1.64 bits per heavy atom. The molecule has 0 aliphatic rings. The molecular weight excluding hydrogens is 559 g/mol. The predicted octanol–water partition coefficient (Wildman–Crippen LogP) is 5.81. The molecule has 0 aliphatic heterocycles. The van der Waals surface area contributed by atoms with Crippen LogP contribution in [0.15, 0.2) is 67.1 Å². The van der Waals surface area contributed by atoms with E-state index in [0.717, 1.165) is 62.0 Å². The molecule has 0 aliphatic carbocycles. The second-order valence-electron chi connectivity index (χ2n) is 9.68. The van der Waals surface area contributed by atoms with Gasteiger partial charge in [-0.05, 0) is 74.2 Å². The molecule has 4 aromatic heterocycles. The van der Waals surface area contributed by atoms with Crippen LogP contribution < -0.4 is 5.32 Å². The van der Waals surface area contributed by atoms with Crippen LogP contribution in [0.5, 0.6) is 0 Å². The fraction of sp³-hybridized carbons (Fsp3) is 0.212. The van der Waals surface area contributed by atoms with E-state index in [-0.39, 0.29) is 5.82 Å². The number of carbonyl (C=O) groups excluding carboxylic acids is 2. The van der Waals surface area contributed by atoms with Crippen LogP contribution in [0.25, 0.3) is 55.8 Å². The lowest BCUT2D eigenvalue weighted by Crippen LogP contribution is -2.10. The molecular formula is C33H37FN8O2. The quantitative estimate of drug-likeness (QED) is 0.210. The van der Waals surface area contributed by atoms with Crippen LogP contribution in [-0.4, -0.2) is 69.8 Å². The molecule has 4 heterocycles. The van der Waals surface area contributed by atoms with Gasteiger partial charge in [0.2, 0.25) is 0 Å². The number of benzene rings is 2. The largest absolute Gasteiger partial charge is 0.337 e. The average molecular weight is 597 g/mol. The van der Waals surface area contributed by atoms with Gasteiger partial charge in [0.15, 0.2) is 11.5 Å². The van der Waals surface area contributed by atoms with Gasteiger partial charge in [0.25, 0.3) is 0 Å². The maximum absolute atomic E-state index is 14.4. The molecule has 0 saturated carbocycles. The first-order chi connectivity index (χ1) is 21.5. The van der Waals surface area contributed by atoms with Gasteiger partial charge in [-0.3, -0.25) is 10.1 Å². The number of para-hydroxylation sites is 1. The van der Waals surface area contributed by atoms with Crippen LogP contribution in [0, 0.1) is 5.82 Å². The maximum atomic E-state index is 14.4. The third-order valence-electron chi connectivity index (χ3n) is 6.44. The smallest absolute Gasteiger partial charge is 0.181 e. The van der Waals surface area contributed by atoms with Gasteiger partial charge >= 0.3 is 0 Å². The van der Waals surface area contributed by atoms with Crippen LogP contribution in [-0.2, 0) is 22.7 Å². The number of nitrogens with zero attached hydrogens (tertiary/aromatic N) is 5. The fourth-order valence-electron chi connectivity index (χ4n) is 4.83. The zero-order valence-electron chi connectivity index (χ0n) is 25.6. The van der Waals surface area contributed by atoms with Crippen LogP contribution >= 0.6 is 0 Å². The van der Waals surface area contributed by atoms with Crippen LogP contribution in [0.3, 0.4) is 0 Å². The SMILES string of the molecule is C=O.C=O.CC.CNCc1cc(F)cc(-c2cccc3[nH]c(-c4[nH]nc5ncc(-c6cncc(CN(C)C)c6)cc45)nc23)c1. The van der Waals surface area contributed by atoms with E-state index in [2.05, 4.69) is 47.5 Å². The maximum Gasteiger partial charge on any atom is 0.181 e. The minimum absolute atomic E-state index is 0.275. The Kier molecular flexibility index (Phi) is 12.1. The van der Waals surface area contributed by atoms with Gasteiger partial charge in [0.1, 0.15) is 25.1 Å².